The summed E-state index contributed by atoms with van der Waals surface area (Å²) in [7, 11) is 1.87. The normalized spacial score (nSPS) is 17.8. The van der Waals surface area contributed by atoms with Crippen LogP contribution in [0, 0.1) is 0 Å². The average Bonchev–Trinajstić information content (AvgIpc) is 3.10. The van der Waals surface area contributed by atoms with Gasteiger partial charge >= 0.3 is 0 Å². The Labute approximate surface area is 159 Å². The van der Waals surface area contributed by atoms with Gasteiger partial charge in [0.25, 0.3) is 0 Å². The molecule has 1 saturated heterocycles. The first-order valence-electron chi connectivity index (χ1n) is 9.36. The van der Waals surface area contributed by atoms with Crippen LogP contribution in [0.15, 0.2) is 42.6 Å². The molecule has 1 aromatic carbocycles. The third-order valence-corrected chi connectivity index (χ3v) is 5.22. The first-order valence-corrected chi connectivity index (χ1v) is 9.36. The van der Waals surface area contributed by atoms with Gasteiger partial charge in [-0.2, -0.15) is 5.10 Å². The van der Waals surface area contributed by atoms with Crippen LogP contribution in [0.25, 0.3) is 0 Å². The molecule has 1 fully saturated rings. The zero-order chi connectivity index (χ0) is 19.2. The molecule has 7 nitrogen and oxygen atoms in total. The number of rotatable bonds is 7. The highest BCUT2D eigenvalue weighted by Crippen LogP contribution is 2.14. The second-order valence-corrected chi connectivity index (χ2v) is 6.98. The molecule has 1 aliphatic heterocycles. The van der Waals surface area contributed by atoms with Gasteiger partial charge < -0.3 is 10.6 Å². The molecule has 2 heterocycles. The second-order valence-electron chi connectivity index (χ2n) is 6.98. The van der Waals surface area contributed by atoms with Crippen molar-refractivity contribution in [3.05, 3.63) is 53.9 Å². The maximum absolute atomic E-state index is 12.6. The van der Waals surface area contributed by atoms with Crippen molar-refractivity contribution in [1.82, 2.24) is 19.6 Å². The Bertz CT molecular complexity index is 774. The monoisotopic (exact) mass is 369 g/mol. The molecule has 1 aromatic heterocycles. The van der Waals surface area contributed by atoms with Crippen molar-refractivity contribution in [3.63, 3.8) is 0 Å². The van der Waals surface area contributed by atoms with E-state index in [0.29, 0.717) is 32.5 Å². The summed E-state index contributed by atoms with van der Waals surface area (Å²) in [4.78, 5) is 28.4. The maximum Gasteiger partial charge on any atom is 0.236 e. The number of amides is 2. The van der Waals surface area contributed by atoms with E-state index >= 15 is 0 Å². The Kier molecular flexibility index (Phi) is 6.24. The summed E-state index contributed by atoms with van der Waals surface area (Å²) in [6.07, 6.45) is 3.65. The molecule has 7 heteroatoms. The van der Waals surface area contributed by atoms with Gasteiger partial charge in [0.15, 0.2) is 0 Å². The highest BCUT2D eigenvalue weighted by Gasteiger charge is 2.32. The van der Waals surface area contributed by atoms with E-state index in [0.717, 1.165) is 18.7 Å². The number of nitrogens with two attached hydrogens (primary N) is 1. The lowest BCUT2D eigenvalue weighted by Crippen LogP contribution is -2.59. The van der Waals surface area contributed by atoms with Crippen LogP contribution < -0.4 is 5.73 Å². The van der Waals surface area contributed by atoms with Crippen LogP contribution in [0.1, 0.15) is 17.7 Å². The molecule has 0 bridgehead atoms. The number of benzene rings is 1. The smallest absolute Gasteiger partial charge is 0.236 e. The van der Waals surface area contributed by atoms with Crippen molar-refractivity contribution >= 4 is 11.8 Å². The van der Waals surface area contributed by atoms with Crippen molar-refractivity contribution in [3.8, 4) is 0 Å². The van der Waals surface area contributed by atoms with E-state index in [-0.39, 0.29) is 11.8 Å². The third-order valence-electron chi connectivity index (χ3n) is 5.22. The number of hydrogen-bond acceptors (Lipinski definition) is 4. The number of primary amides is 1. The molecule has 27 heavy (non-hydrogen) atoms. The first-order chi connectivity index (χ1) is 13.0. The van der Waals surface area contributed by atoms with E-state index in [9.17, 15) is 9.59 Å². The molecule has 0 spiro atoms. The van der Waals surface area contributed by atoms with Crippen LogP contribution in [0.5, 0.6) is 0 Å². The van der Waals surface area contributed by atoms with Crippen LogP contribution in [0.2, 0.25) is 0 Å². The van der Waals surface area contributed by atoms with Crippen LogP contribution >= 0.6 is 0 Å². The average molecular weight is 369 g/mol. The molecule has 2 amide bonds. The number of piperazine rings is 1. The first kappa shape index (κ1) is 19.1. The van der Waals surface area contributed by atoms with Gasteiger partial charge in [0.05, 0.1) is 0 Å². The molecule has 1 atom stereocenters. The summed E-state index contributed by atoms with van der Waals surface area (Å²) < 4.78 is 1.78. The summed E-state index contributed by atoms with van der Waals surface area (Å²) in [5.74, 6) is -0.308. The Balaban J connectivity index is 1.54. The van der Waals surface area contributed by atoms with Crippen LogP contribution in [0.4, 0.5) is 0 Å². The molecule has 144 valence electrons. The third kappa shape index (κ3) is 4.95. The fraction of sp³-hybridized carbons (Fsp3) is 0.450. The van der Waals surface area contributed by atoms with Crippen molar-refractivity contribution < 1.29 is 9.59 Å². The zero-order valence-electron chi connectivity index (χ0n) is 15.8. The topological polar surface area (TPSA) is 84.5 Å². The lowest BCUT2D eigenvalue weighted by Gasteiger charge is -2.40. The van der Waals surface area contributed by atoms with E-state index < -0.39 is 6.04 Å². The fourth-order valence-electron chi connectivity index (χ4n) is 3.54. The van der Waals surface area contributed by atoms with E-state index in [1.165, 1.54) is 5.56 Å². The number of nitrogens with zero attached hydrogens (tertiary/aromatic N) is 4. The Morgan fingerprint density at radius 2 is 1.93 bits per heavy atom. The van der Waals surface area contributed by atoms with Crippen LogP contribution in [0.3, 0.4) is 0 Å². The predicted molar refractivity (Wildman–Crippen MR) is 103 cm³/mol. The van der Waals surface area contributed by atoms with Crippen molar-refractivity contribution in [2.75, 3.05) is 26.2 Å². The molecule has 2 N–H and O–H groups in total. The molecule has 0 saturated carbocycles. The van der Waals surface area contributed by atoms with E-state index in [2.05, 4.69) is 22.1 Å². The standard InChI is InChI=1S/C20H27N5O2/c1-23-17(9-11-22-23)7-8-19(26)25-14-13-24(18(15-25)20(21)27)12-10-16-5-3-2-4-6-16/h2-6,9,11,18H,7-8,10,12-15H2,1H3,(H2,21,27). The molecule has 1 aliphatic rings. The molecule has 0 aliphatic carbocycles. The highest BCUT2D eigenvalue weighted by atomic mass is 16.2. The maximum atomic E-state index is 12.6. The summed E-state index contributed by atoms with van der Waals surface area (Å²) in [5.41, 5.74) is 7.89. The van der Waals surface area contributed by atoms with Crippen LogP contribution in [-0.4, -0.2) is 63.6 Å². The number of hydrogen-bond donors (Lipinski definition) is 1. The van der Waals surface area contributed by atoms with Crippen molar-refractivity contribution in [2.24, 2.45) is 12.8 Å². The summed E-state index contributed by atoms with van der Waals surface area (Å²) >= 11 is 0. The minimum atomic E-state index is -0.428. The van der Waals surface area contributed by atoms with Crippen molar-refractivity contribution in [1.29, 1.82) is 0 Å². The minimum Gasteiger partial charge on any atom is -0.368 e. The van der Waals surface area contributed by atoms with E-state index in [4.69, 9.17) is 5.73 Å². The second kappa shape index (κ2) is 8.81. The van der Waals surface area contributed by atoms with E-state index in [1.807, 2.05) is 31.3 Å². The quantitative estimate of drug-likeness (QED) is 0.774. The van der Waals surface area contributed by atoms with Gasteiger partial charge in [0.1, 0.15) is 6.04 Å². The Hall–Kier alpha value is -2.67. The molecule has 2 aromatic rings. The summed E-state index contributed by atoms with van der Waals surface area (Å²) in [5, 5.41) is 4.12. The van der Waals surface area contributed by atoms with Crippen LogP contribution in [-0.2, 0) is 29.5 Å². The highest BCUT2D eigenvalue weighted by molar-refractivity contribution is 5.82. The number of carbonyl (C=O) groups is 2. The SMILES string of the molecule is Cn1nccc1CCC(=O)N1CCN(CCc2ccccc2)C(C(N)=O)C1. The van der Waals surface area contributed by atoms with Gasteiger partial charge in [-0.05, 0) is 24.5 Å². The predicted octanol–water partition coefficient (Wildman–Crippen LogP) is 0.594. The molecular formula is C20H27N5O2. The number of carbonyl (C=O) groups excluding carboxylic acids is 2. The van der Waals surface area contributed by atoms with Gasteiger partial charge in [-0.1, -0.05) is 30.3 Å². The van der Waals surface area contributed by atoms with Gasteiger partial charge in [0, 0.05) is 51.5 Å². The lowest BCUT2D eigenvalue weighted by atomic mass is 10.1. The fourth-order valence-corrected chi connectivity index (χ4v) is 3.54. The van der Waals surface area contributed by atoms with Gasteiger partial charge in [-0.15, -0.1) is 0 Å². The molecule has 3 rings (SSSR count). The number of aryl methyl sites for hydroxylation is 2. The summed E-state index contributed by atoms with van der Waals surface area (Å²) in [6, 6.07) is 11.7. The van der Waals surface area contributed by atoms with Crippen molar-refractivity contribution in [2.45, 2.75) is 25.3 Å². The summed E-state index contributed by atoms with van der Waals surface area (Å²) in [6.45, 7) is 2.42. The molecular weight excluding hydrogens is 342 g/mol. The van der Waals surface area contributed by atoms with E-state index in [1.54, 1.807) is 15.8 Å². The Morgan fingerprint density at radius 1 is 1.15 bits per heavy atom. The van der Waals surface area contributed by atoms with Gasteiger partial charge in [-0.3, -0.25) is 19.2 Å². The lowest BCUT2D eigenvalue weighted by molar-refractivity contribution is -0.137. The molecule has 0 radical (unpaired) electrons. The Morgan fingerprint density at radius 3 is 2.59 bits per heavy atom. The largest absolute Gasteiger partial charge is 0.368 e. The number of aromatic nitrogens is 2. The molecule has 1 unspecified atom stereocenters. The minimum absolute atomic E-state index is 0.0603. The van der Waals surface area contributed by atoms with Gasteiger partial charge in [0.2, 0.25) is 11.8 Å². The van der Waals surface area contributed by atoms with Gasteiger partial charge in [-0.25, -0.2) is 0 Å². The zero-order valence-corrected chi connectivity index (χ0v) is 15.8.